The molecule has 2 heterocycles. The lowest BCUT2D eigenvalue weighted by atomic mass is 10.3. The minimum absolute atomic E-state index is 0.244. The van der Waals surface area contributed by atoms with Crippen LogP contribution in [0.5, 0.6) is 0 Å². The molecule has 0 fully saturated rings. The maximum Gasteiger partial charge on any atom is 0.253 e. The van der Waals surface area contributed by atoms with Crippen molar-refractivity contribution in [3.05, 3.63) is 90.1 Å². The fourth-order valence-electron chi connectivity index (χ4n) is 3.05. The standard InChI is InChI=1S/C24H24N6O2S/c1-17-13-14-21(32-17)15-26-28-23(31)18(2)33-24-29-27-22(16-25-19-9-5-3-6-10-19)30(24)20-11-7-4-8-12-20/h3-15,18,25H,16H2,1-2H3,(H,28,31). The molecule has 0 aliphatic carbocycles. The Labute approximate surface area is 196 Å². The van der Waals surface area contributed by atoms with Gasteiger partial charge in [-0.25, -0.2) is 5.43 Å². The Bertz CT molecular complexity index is 1220. The molecule has 0 bridgehead atoms. The summed E-state index contributed by atoms with van der Waals surface area (Å²) in [5.74, 6) is 1.86. The number of hydrazone groups is 1. The van der Waals surface area contributed by atoms with Gasteiger partial charge < -0.3 is 9.73 Å². The fraction of sp³-hybridized carbons (Fsp3) is 0.167. The number of carbonyl (C=O) groups excluding carboxylic acids is 1. The molecule has 2 aromatic heterocycles. The van der Waals surface area contributed by atoms with Gasteiger partial charge in [0.2, 0.25) is 0 Å². The Morgan fingerprint density at radius 1 is 1.09 bits per heavy atom. The van der Waals surface area contributed by atoms with Gasteiger partial charge in [-0.2, -0.15) is 5.10 Å². The highest BCUT2D eigenvalue weighted by atomic mass is 32.2. The lowest BCUT2D eigenvalue weighted by molar-refractivity contribution is -0.120. The first kappa shape index (κ1) is 22.3. The Balaban J connectivity index is 1.47. The molecular formula is C24H24N6O2S. The summed E-state index contributed by atoms with van der Waals surface area (Å²) in [5.41, 5.74) is 4.47. The zero-order valence-corrected chi connectivity index (χ0v) is 19.1. The van der Waals surface area contributed by atoms with Gasteiger partial charge in [0.25, 0.3) is 5.91 Å². The van der Waals surface area contributed by atoms with Crippen LogP contribution in [-0.2, 0) is 11.3 Å². The van der Waals surface area contributed by atoms with Crippen LogP contribution in [0.25, 0.3) is 5.69 Å². The van der Waals surface area contributed by atoms with E-state index in [1.807, 2.05) is 78.2 Å². The first-order valence-electron chi connectivity index (χ1n) is 10.4. The maximum absolute atomic E-state index is 12.6. The summed E-state index contributed by atoms with van der Waals surface area (Å²) in [5, 5.41) is 16.3. The predicted octanol–water partition coefficient (Wildman–Crippen LogP) is 4.41. The number of nitrogens with zero attached hydrogens (tertiary/aromatic N) is 4. The van der Waals surface area contributed by atoms with Crippen molar-refractivity contribution in [2.24, 2.45) is 5.10 Å². The number of benzene rings is 2. The van der Waals surface area contributed by atoms with E-state index in [0.717, 1.165) is 23.0 Å². The topological polar surface area (TPSA) is 97.3 Å². The Morgan fingerprint density at radius 2 is 1.82 bits per heavy atom. The third-order valence-electron chi connectivity index (χ3n) is 4.72. The van der Waals surface area contributed by atoms with Crippen LogP contribution in [0, 0.1) is 6.92 Å². The fourth-order valence-corrected chi connectivity index (χ4v) is 3.93. The summed E-state index contributed by atoms with van der Waals surface area (Å²) in [4.78, 5) is 12.6. The summed E-state index contributed by atoms with van der Waals surface area (Å²) < 4.78 is 7.37. The van der Waals surface area contributed by atoms with E-state index in [1.165, 1.54) is 18.0 Å². The number of amides is 1. The third-order valence-corrected chi connectivity index (χ3v) is 5.76. The number of aromatic nitrogens is 3. The van der Waals surface area contributed by atoms with E-state index < -0.39 is 5.25 Å². The molecule has 1 atom stereocenters. The van der Waals surface area contributed by atoms with Crippen LogP contribution in [0.15, 0.2) is 87.5 Å². The van der Waals surface area contributed by atoms with Gasteiger partial charge in [-0.15, -0.1) is 10.2 Å². The van der Waals surface area contributed by atoms with E-state index in [-0.39, 0.29) is 5.91 Å². The molecule has 33 heavy (non-hydrogen) atoms. The largest absolute Gasteiger partial charge is 0.460 e. The van der Waals surface area contributed by atoms with Crippen LogP contribution in [-0.4, -0.2) is 32.1 Å². The van der Waals surface area contributed by atoms with Crippen LogP contribution in [0.1, 0.15) is 24.3 Å². The molecule has 4 rings (SSSR count). The highest BCUT2D eigenvalue weighted by Gasteiger charge is 2.21. The van der Waals surface area contributed by atoms with Crippen molar-refractivity contribution in [1.29, 1.82) is 0 Å². The number of hydrogen-bond donors (Lipinski definition) is 2. The molecule has 4 aromatic rings. The number of nitrogens with one attached hydrogen (secondary N) is 2. The van der Waals surface area contributed by atoms with Crippen LogP contribution in [0.4, 0.5) is 5.69 Å². The van der Waals surface area contributed by atoms with Gasteiger partial charge in [0.15, 0.2) is 11.0 Å². The number of carbonyl (C=O) groups is 1. The zero-order valence-electron chi connectivity index (χ0n) is 18.3. The van der Waals surface area contributed by atoms with Crippen LogP contribution >= 0.6 is 11.8 Å². The highest BCUT2D eigenvalue weighted by molar-refractivity contribution is 8.00. The lowest BCUT2D eigenvalue weighted by Gasteiger charge is -2.13. The second-order valence-electron chi connectivity index (χ2n) is 7.23. The minimum atomic E-state index is -0.443. The SMILES string of the molecule is Cc1ccc(C=NNC(=O)C(C)Sc2nnc(CNc3ccccc3)n2-c2ccccc2)o1. The number of hydrogen-bond acceptors (Lipinski definition) is 7. The monoisotopic (exact) mass is 460 g/mol. The molecular weight excluding hydrogens is 436 g/mol. The summed E-state index contributed by atoms with van der Waals surface area (Å²) in [6, 6.07) is 23.4. The molecule has 0 spiro atoms. The average molecular weight is 461 g/mol. The van der Waals surface area contributed by atoms with Crippen molar-refractivity contribution < 1.29 is 9.21 Å². The second kappa shape index (κ2) is 10.6. The van der Waals surface area contributed by atoms with Crippen molar-refractivity contribution in [3.8, 4) is 5.69 Å². The predicted molar refractivity (Wildman–Crippen MR) is 130 cm³/mol. The highest BCUT2D eigenvalue weighted by Crippen LogP contribution is 2.26. The first-order valence-corrected chi connectivity index (χ1v) is 11.3. The number of furan rings is 1. The molecule has 1 amide bonds. The Hall–Kier alpha value is -3.85. The summed E-state index contributed by atoms with van der Waals surface area (Å²) in [7, 11) is 0. The van der Waals surface area contributed by atoms with Crippen LogP contribution in [0.3, 0.4) is 0 Å². The first-order chi connectivity index (χ1) is 16.1. The van der Waals surface area contributed by atoms with Gasteiger partial charge in [0.1, 0.15) is 11.5 Å². The molecule has 168 valence electrons. The average Bonchev–Trinajstić information content (AvgIpc) is 3.44. The molecule has 8 nitrogen and oxygen atoms in total. The molecule has 0 saturated heterocycles. The van der Waals surface area contributed by atoms with Gasteiger partial charge in [0.05, 0.1) is 18.0 Å². The summed E-state index contributed by atoms with van der Waals surface area (Å²) in [6.07, 6.45) is 1.47. The van der Waals surface area contributed by atoms with Gasteiger partial charge >= 0.3 is 0 Å². The van der Waals surface area contributed by atoms with Gasteiger partial charge in [-0.05, 0) is 50.2 Å². The smallest absolute Gasteiger partial charge is 0.253 e. The maximum atomic E-state index is 12.6. The Kier molecular flexibility index (Phi) is 7.21. The quantitative estimate of drug-likeness (QED) is 0.218. The van der Waals surface area contributed by atoms with Crippen LogP contribution < -0.4 is 10.7 Å². The summed E-state index contributed by atoms with van der Waals surface area (Å²) >= 11 is 1.32. The summed E-state index contributed by atoms with van der Waals surface area (Å²) in [6.45, 7) is 4.14. The van der Waals surface area contributed by atoms with Crippen molar-refractivity contribution in [2.75, 3.05) is 5.32 Å². The molecule has 0 saturated carbocycles. The number of anilines is 1. The molecule has 0 aliphatic heterocycles. The third kappa shape index (κ3) is 5.89. The van der Waals surface area contributed by atoms with Crippen molar-refractivity contribution in [2.45, 2.75) is 30.8 Å². The zero-order chi connectivity index (χ0) is 23.0. The van der Waals surface area contributed by atoms with E-state index >= 15 is 0 Å². The van der Waals surface area contributed by atoms with Gasteiger partial charge in [-0.3, -0.25) is 9.36 Å². The van der Waals surface area contributed by atoms with E-state index in [4.69, 9.17) is 4.42 Å². The normalized spacial score (nSPS) is 12.1. The molecule has 9 heteroatoms. The van der Waals surface area contributed by atoms with Crippen LogP contribution in [0.2, 0.25) is 0 Å². The Morgan fingerprint density at radius 3 is 2.52 bits per heavy atom. The number of para-hydroxylation sites is 2. The van der Waals surface area contributed by atoms with E-state index in [1.54, 1.807) is 13.0 Å². The minimum Gasteiger partial charge on any atom is -0.460 e. The van der Waals surface area contributed by atoms with Crippen molar-refractivity contribution >= 4 is 29.6 Å². The molecule has 0 radical (unpaired) electrons. The number of aryl methyl sites for hydroxylation is 1. The molecule has 0 aliphatic rings. The molecule has 1 unspecified atom stereocenters. The van der Waals surface area contributed by atoms with Crippen molar-refractivity contribution in [3.63, 3.8) is 0 Å². The van der Waals surface area contributed by atoms with Crippen molar-refractivity contribution in [1.82, 2.24) is 20.2 Å². The number of thioether (sulfide) groups is 1. The van der Waals surface area contributed by atoms with Gasteiger partial charge in [-0.1, -0.05) is 48.2 Å². The van der Waals surface area contributed by atoms with E-state index in [9.17, 15) is 4.79 Å². The molecule has 2 aromatic carbocycles. The molecule has 2 N–H and O–H groups in total. The van der Waals surface area contributed by atoms with Gasteiger partial charge in [0, 0.05) is 11.4 Å². The van der Waals surface area contributed by atoms with E-state index in [2.05, 4.69) is 26.0 Å². The van der Waals surface area contributed by atoms with E-state index in [0.29, 0.717) is 17.5 Å². The number of rotatable bonds is 9. The second-order valence-corrected chi connectivity index (χ2v) is 8.54. The lowest BCUT2D eigenvalue weighted by Crippen LogP contribution is -2.27.